The number of Topliss-reactive ketones (excluding diaryl/α,β-unsaturated/α-hetero) is 1. The van der Waals surface area contributed by atoms with Gasteiger partial charge in [-0.1, -0.05) is 18.2 Å². The van der Waals surface area contributed by atoms with Gasteiger partial charge in [0.1, 0.15) is 23.4 Å². The highest BCUT2D eigenvalue weighted by atomic mass is 16.5. The van der Waals surface area contributed by atoms with E-state index in [0.29, 0.717) is 11.3 Å². The van der Waals surface area contributed by atoms with Crippen LogP contribution in [-0.2, 0) is 0 Å². The van der Waals surface area contributed by atoms with E-state index >= 15 is 0 Å². The fourth-order valence-electron chi connectivity index (χ4n) is 2.75. The van der Waals surface area contributed by atoms with Crippen molar-refractivity contribution < 1.29 is 19.4 Å². The predicted octanol–water partition coefficient (Wildman–Crippen LogP) is 3.72. The molecule has 4 nitrogen and oxygen atoms in total. The van der Waals surface area contributed by atoms with Crippen LogP contribution >= 0.6 is 0 Å². The Bertz CT molecular complexity index is 877. The van der Waals surface area contributed by atoms with Gasteiger partial charge in [0.15, 0.2) is 5.76 Å². The molecule has 0 aliphatic carbocycles. The number of benzene rings is 2. The van der Waals surface area contributed by atoms with Gasteiger partial charge in [-0.2, -0.15) is 0 Å². The zero-order chi connectivity index (χ0) is 16.0. The first kappa shape index (κ1) is 13.6. The first-order valence-electron chi connectivity index (χ1n) is 7.36. The van der Waals surface area contributed by atoms with Crippen molar-refractivity contribution in [1.29, 1.82) is 0 Å². The summed E-state index contributed by atoms with van der Waals surface area (Å²) in [7, 11) is 0. The minimum absolute atomic E-state index is 0.0697. The lowest BCUT2D eigenvalue weighted by Crippen LogP contribution is -2.18. The highest BCUT2D eigenvalue weighted by Crippen LogP contribution is 2.36. The van der Waals surface area contributed by atoms with Gasteiger partial charge in [0.25, 0.3) is 0 Å². The molecular formula is C19H14O4. The number of carbonyl (C=O) groups is 1. The van der Waals surface area contributed by atoms with Gasteiger partial charge in [-0.3, -0.25) is 4.79 Å². The Morgan fingerprint density at radius 2 is 1.96 bits per heavy atom. The SMILES string of the molecule is C[C@@H]1Oc2ccccc2C=C1C=C1Oc2cc(O)ccc2C1=O. The second-order valence-electron chi connectivity index (χ2n) is 5.56. The van der Waals surface area contributed by atoms with Crippen LogP contribution < -0.4 is 9.47 Å². The van der Waals surface area contributed by atoms with Gasteiger partial charge < -0.3 is 14.6 Å². The minimum atomic E-state index is -0.188. The van der Waals surface area contributed by atoms with Crippen molar-refractivity contribution >= 4 is 11.9 Å². The van der Waals surface area contributed by atoms with Crippen LogP contribution in [0.4, 0.5) is 0 Å². The quantitative estimate of drug-likeness (QED) is 0.816. The number of phenolic OH excluding ortho intramolecular Hbond substituents is 1. The number of rotatable bonds is 1. The van der Waals surface area contributed by atoms with Crippen molar-refractivity contribution in [3.8, 4) is 17.2 Å². The Hall–Kier alpha value is -3.01. The average molecular weight is 306 g/mol. The Morgan fingerprint density at radius 1 is 1.13 bits per heavy atom. The number of aromatic hydroxyl groups is 1. The number of ether oxygens (including phenoxy) is 2. The van der Waals surface area contributed by atoms with Crippen molar-refractivity contribution in [2.45, 2.75) is 13.0 Å². The van der Waals surface area contributed by atoms with Crippen molar-refractivity contribution in [3.63, 3.8) is 0 Å². The second-order valence-corrected chi connectivity index (χ2v) is 5.56. The zero-order valence-corrected chi connectivity index (χ0v) is 12.4. The monoisotopic (exact) mass is 306 g/mol. The fourth-order valence-corrected chi connectivity index (χ4v) is 2.75. The van der Waals surface area contributed by atoms with Gasteiger partial charge in [0.05, 0.1) is 5.56 Å². The van der Waals surface area contributed by atoms with E-state index in [2.05, 4.69) is 0 Å². The Labute approximate surface area is 133 Å². The number of carbonyl (C=O) groups excluding carboxylic acids is 1. The molecule has 4 heteroatoms. The molecular weight excluding hydrogens is 292 g/mol. The molecule has 0 saturated carbocycles. The molecule has 0 spiro atoms. The molecule has 2 heterocycles. The van der Waals surface area contributed by atoms with Gasteiger partial charge in [0.2, 0.25) is 5.78 Å². The van der Waals surface area contributed by atoms with Crippen LogP contribution in [0, 0.1) is 0 Å². The molecule has 114 valence electrons. The zero-order valence-electron chi connectivity index (χ0n) is 12.4. The van der Waals surface area contributed by atoms with E-state index in [0.717, 1.165) is 16.9 Å². The average Bonchev–Trinajstić information content (AvgIpc) is 2.83. The minimum Gasteiger partial charge on any atom is -0.508 e. The third-order valence-corrected chi connectivity index (χ3v) is 3.97. The first-order valence-corrected chi connectivity index (χ1v) is 7.36. The number of para-hydroxylation sites is 1. The number of fused-ring (bicyclic) bond motifs is 2. The van der Waals surface area contributed by atoms with E-state index in [-0.39, 0.29) is 23.4 Å². The summed E-state index contributed by atoms with van der Waals surface area (Å²) < 4.78 is 11.5. The van der Waals surface area contributed by atoms with Crippen LogP contribution in [-0.4, -0.2) is 17.0 Å². The van der Waals surface area contributed by atoms with Crippen LogP contribution in [0.5, 0.6) is 17.2 Å². The van der Waals surface area contributed by atoms with Gasteiger partial charge in [-0.05, 0) is 42.8 Å². The molecule has 2 aliphatic rings. The molecule has 0 unspecified atom stereocenters. The Balaban J connectivity index is 1.72. The maximum absolute atomic E-state index is 12.4. The van der Waals surface area contributed by atoms with Crippen LogP contribution in [0.2, 0.25) is 0 Å². The van der Waals surface area contributed by atoms with E-state index in [1.54, 1.807) is 12.1 Å². The molecule has 1 atom stereocenters. The lowest BCUT2D eigenvalue weighted by atomic mass is 10.0. The Morgan fingerprint density at radius 3 is 2.83 bits per heavy atom. The molecule has 1 N–H and O–H groups in total. The van der Waals surface area contributed by atoms with E-state index < -0.39 is 0 Å². The Kier molecular flexibility index (Phi) is 2.98. The second kappa shape index (κ2) is 5.02. The number of hydrogen-bond acceptors (Lipinski definition) is 4. The number of hydrogen-bond donors (Lipinski definition) is 1. The molecule has 0 fully saturated rings. The highest BCUT2D eigenvalue weighted by molar-refractivity contribution is 6.12. The highest BCUT2D eigenvalue weighted by Gasteiger charge is 2.29. The van der Waals surface area contributed by atoms with Gasteiger partial charge >= 0.3 is 0 Å². The molecule has 23 heavy (non-hydrogen) atoms. The molecule has 0 amide bonds. The lowest BCUT2D eigenvalue weighted by molar-refractivity contribution is 0.101. The molecule has 0 saturated heterocycles. The summed E-state index contributed by atoms with van der Waals surface area (Å²) in [4.78, 5) is 12.4. The van der Waals surface area contributed by atoms with Crippen molar-refractivity contribution in [3.05, 3.63) is 71.0 Å². The predicted molar refractivity (Wildman–Crippen MR) is 85.7 cm³/mol. The van der Waals surface area contributed by atoms with Crippen LogP contribution in [0.3, 0.4) is 0 Å². The summed E-state index contributed by atoms with van der Waals surface area (Å²) in [5.41, 5.74) is 2.29. The summed E-state index contributed by atoms with van der Waals surface area (Å²) >= 11 is 0. The largest absolute Gasteiger partial charge is 0.508 e. The lowest BCUT2D eigenvalue weighted by Gasteiger charge is -2.22. The maximum Gasteiger partial charge on any atom is 0.231 e. The van der Waals surface area contributed by atoms with E-state index in [9.17, 15) is 9.90 Å². The third-order valence-electron chi connectivity index (χ3n) is 3.97. The van der Waals surface area contributed by atoms with Crippen LogP contribution in [0.15, 0.2) is 59.9 Å². The molecule has 2 aromatic rings. The first-order chi connectivity index (χ1) is 11.1. The topological polar surface area (TPSA) is 55.8 Å². The van der Waals surface area contributed by atoms with Crippen molar-refractivity contribution in [2.24, 2.45) is 0 Å². The van der Waals surface area contributed by atoms with E-state index in [4.69, 9.17) is 9.47 Å². The summed E-state index contributed by atoms with van der Waals surface area (Å²) in [5, 5.41) is 9.50. The smallest absolute Gasteiger partial charge is 0.231 e. The van der Waals surface area contributed by atoms with Gasteiger partial charge in [0, 0.05) is 11.6 Å². The summed E-state index contributed by atoms with van der Waals surface area (Å²) in [6, 6.07) is 12.2. The number of phenols is 1. The summed E-state index contributed by atoms with van der Waals surface area (Å²) in [6.07, 6.45) is 3.53. The molecule has 0 aromatic heterocycles. The third kappa shape index (κ3) is 2.28. The fraction of sp³-hybridized carbons (Fsp3) is 0.105. The standard InChI is InChI=1S/C19H14O4/c1-11-13(8-12-4-2-3-5-16(12)22-11)9-18-19(21)15-7-6-14(20)10-17(15)23-18/h2-11,20H,1H3/t11-/m0/s1. The van der Waals surface area contributed by atoms with E-state index in [1.165, 1.54) is 12.1 Å². The summed E-state index contributed by atoms with van der Waals surface area (Å²) in [6.45, 7) is 1.93. The van der Waals surface area contributed by atoms with Crippen molar-refractivity contribution in [2.75, 3.05) is 0 Å². The van der Waals surface area contributed by atoms with Crippen molar-refractivity contribution in [1.82, 2.24) is 0 Å². The van der Waals surface area contributed by atoms with Crippen LogP contribution in [0.25, 0.3) is 6.08 Å². The molecule has 2 aromatic carbocycles. The number of allylic oxidation sites excluding steroid dienone is 1. The number of ketones is 1. The summed E-state index contributed by atoms with van der Waals surface area (Å²) in [5.74, 6) is 1.33. The van der Waals surface area contributed by atoms with E-state index in [1.807, 2.05) is 37.3 Å². The molecule has 2 aliphatic heterocycles. The normalized spacial score (nSPS) is 20.4. The molecule has 0 radical (unpaired) electrons. The van der Waals surface area contributed by atoms with Gasteiger partial charge in [-0.15, -0.1) is 0 Å². The molecule has 0 bridgehead atoms. The maximum atomic E-state index is 12.4. The van der Waals surface area contributed by atoms with Crippen LogP contribution in [0.1, 0.15) is 22.8 Å². The van der Waals surface area contributed by atoms with Gasteiger partial charge in [-0.25, -0.2) is 0 Å². The molecule has 4 rings (SSSR count).